The van der Waals surface area contributed by atoms with Gasteiger partial charge in [-0.25, -0.2) is 22.8 Å². The SMILES string of the molecule is Fc1cc(F)cc(C(F)C2CNC2)c1.O=C(O)C=CC(=O)O. The minimum Gasteiger partial charge on any atom is -0.478 e. The van der Waals surface area contributed by atoms with Gasteiger partial charge < -0.3 is 15.5 Å². The van der Waals surface area contributed by atoms with Gasteiger partial charge in [0, 0.05) is 37.2 Å². The molecule has 1 unspecified atom stereocenters. The number of nitrogens with one attached hydrogen (secondary N) is 1. The van der Waals surface area contributed by atoms with Crippen LogP contribution in [0.2, 0.25) is 0 Å². The third kappa shape index (κ3) is 5.96. The molecule has 0 aromatic heterocycles. The zero-order valence-electron chi connectivity index (χ0n) is 11.3. The molecule has 3 N–H and O–H groups in total. The second-order valence-corrected chi connectivity index (χ2v) is 4.53. The number of carbonyl (C=O) groups is 2. The molecule has 0 amide bonds. The Hall–Kier alpha value is -2.35. The number of aliphatic carboxylic acids is 2. The van der Waals surface area contributed by atoms with Crippen molar-refractivity contribution in [3.63, 3.8) is 0 Å². The topological polar surface area (TPSA) is 86.6 Å². The van der Waals surface area contributed by atoms with Gasteiger partial charge in [0.25, 0.3) is 0 Å². The first kappa shape index (κ1) is 17.7. The van der Waals surface area contributed by atoms with Crippen LogP contribution in [-0.2, 0) is 9.59 Å². The minimum atomic E-state index is -1.28. The molecule has 1 heterocycles. The molecule has 1 saturated heterocycles. The summed E-state index contributed by atoms with van der Waals surface area (Å²) in [6.07, 6.45) is -0.161. The predicted octanol–water partition coefficient (Wildman–Crippen LogP) is 1.91. The second kappa shape index (κ2) is 8.18. The Balaban J connectivity index is 0.000000261. The molecule has 1 aromatic rings. The van der Waals surface area contributed by atoms with Crippen LogP contribution in [0.5, 0.6) is 0 Å². The van der Waals surface area contributed by atoms with Gasteiger partial charge in [-0.3, -0.25) is 0 Å². The maximum absolute atomic E-state index is 13.6. The van der Waals surface area contributed by atoms with Crippen LogP contribution in [0.15, 0.2) is 30.4 Å². The third-order valence-corrected chi connectivity index (χ3v) is 2.80. The molecular formula is C14H14F3NO4. The molecule has 1 aliphatic heterocycles. The van der Waals surface area contributed by atoms with Crippen LogP contribution >= 0.6 is 0 Å². The normalized spacial score (nSPS) is 15.6. The van der Waals surface area contributed by atoms with Gasteiger partial charge in [-0.15, -0.1) is 0 Å². The lowest BCUT2D eigenvalue weighted by Crippen LogP contribution is -2.44. The van der Waals surface area contributed by atoms with Gasteiger partial charge in [-0.2, -0.15) is 0 Å². The van der Waals surface area contributed by atoms with Crippen LogP contribution in [0, 0.1) is 17.6 Å². The van der Waals surface area contributed by atoms with E-state index in [-0.39, 0.29) is 11.5 Å². The average Bonchev–Trinajstić information content (AvgIpc) is 2.34. The number of benzene rings is 1. The summed E-state index contributed by atoms with van der Waals surface area (Å²) < 4.78 is 39.1. The number of hydrogen-bond donors (Lipinski definition) is 3. The van der Waals surface area contributed by atoms with Crippen molar-refractivity contribution in [3.8, 4) is 0 Å². The van der Waals surface area contributed by atoms with E-state index in [1.165, 1.54) is 0 Å². The van der Waals surface area contributed by atoms with Crippen LogP contribution in [0.4, 0.5) is 13.2 Å². The van der Waals surface area contributed by atoms with E-state index in [1.807, 2.05) is 0 Å². The van der Waals surface area contributed by atoms with Crippen LogP contribution < -0.4 is 5.32 Å². The van der Waals surface area contributed by atoms with Crippen LogP contribution in [0.1, 0.15) is 11.7 Å². The van der Waals surface area contributed by atoms with Crippen LogP contribution in [0.3, 0.4) is 0 Å². The Morgan fingerprint density at radius 2 is 1.55 bits per heavy atom. The Kier molecular flexibility index (Phi) is 6.58. The monoisotopic (exact) mass is 317 g/mol. The van der Waals surface area contributed by atoms with Crippen molar-refractivity contribution in [2.75, 3.05) is 13.1 Å². The number of hydrogen-bond acceptors (Lipinski definition) is 3. The first-order valence-corrected chi connectivity index (χ1v) is 6.24. The minimum absolute atomic E-state index is 0.0917. The number of rotatable bonds is 4. The highest BCUT2D eigenvalue weighted by atomic mass is 19.1. The highest BCUT2D eigenvalue weighted by molar-refractivity contribution is 5.89. The summed E-state index contributed by atoms with van der Waals surface area (Å²) in [5, 5.41) is 18.5. The lowest BCUT2D eigenvalue weighted by molar-refractivity contribution is -0.134. The molecule has 0 spiro atoms. The molecule has 120 valence electrons. The van der Waals surface area contributed by atoms with E-state index in [0.717, 1.165) is 18.2 Å². The summed E-state index contributed by atoms with van der Waals surface area (Å²) in [7, 11) is 0. The lowest BCUT2D eigenvalue weighted by atomic mass is 9.92. The summed E-state index contributed by atoms with van der Waals surface area (Å²) in [4.78, 5) is 19.1. The van der Waals surface area contributed by atoms with E-state index in [1.54, 1.807) is 0 Å². The molecule has 2 rings (SSSR count). The smallest absolute Gasteiger partial charge is 0.328 e. The average molecular weight is 317 g/mol. The largest absolute Gasteiger partial charge is 0.478 e. The molecule has 0 bridgehead atoms. The van der Waals surface area contributed by atoms with Crippen molar-refractivity contribution in [1.29, 1.82) is 0 Å². The van der Waals surface area contributed by atoms with Crippen molar-refractivity contribution in [3.05, 3.63) is 47.5 Å². The van der Waals surface area contributed by atoms with E-state index in [0.29, 0.717) is 25.2 Å². The number of carboxylic acids is 2. The molecule has 0 saturated carbocycles. The quantitative estimate of drug-likeness (QED) is 0.739. The fourth-order valence-electron chi connectivity index (χ4n) is 1.67. The third-order valence-electron chi connectivity index (χ3n) is 2.80. The van der Waals surface area contributed by atoms with Crippen LogP contribution in [-0.4, -0.2) is 35.2 Å². The lowest BCUT2D eigenvalue weighted by Gasteiger charge is -2.30. The van der Waals surface area contributed by atoms with Gasteiger partial charge in [0.05, 0.1) is 0 Å². The van der Waals surface area contributed by atoms with Crippen LogP contribution in [0.25, 0.3) is 0 Å². The number of halogens is 3. The predicted molar refractivity (Wildman–Crippen MR) is 71.0 cm³/mol. The van der Waals surface area contributed by atoms with Gasteiger partial charge in [-0.1, -0.05) is 0 Å². The maximum atomic E-state index is 13.6. The Labute approximate surface area is 124 Å². The van der Waals surface area contributed by atoms with Gasteiger partial charge >= 0.3 is 11.9 Å². The fraction of sp³-hybridized carbons (Fsp3) is 0.286. The molecule has 1 aromatic carbocycles. The highest BCUT2D eigenvalue weighted by Gasteiger charge is 2.28. The summed E-state index contributed by atoms with van der Waals surface area (Å²) in [5.74, 6) is -4.12. The van der Waals surface area contributed by atoms with Gasteiger partial charge in [0.2, 0.25) is 0 Å². The van der Waals surface area contributed by atoms with Gasteiger partial charge in [-0.05, 0) is 17.7 Å². The molecule has 0 radical (unpaired) electrons. The molecular weight excluding hydrogens is 303 g/mol. The summed E-state index contributed by atoms with van der Waals surface area (Å²) in [6, 6.07) is 2.84. The molecule has 8 heteroatoms. The van der Waals surface area contributed by atoms with Crippen molar-refractivity contribution >= 4 is 11.9 Å². The maximum Gasteiger partial charge on any atom is 0.328 e. The summed E-state index contributed by atoms with van der Waals surface area (Å²) in [5.41, 5.74) is 0.0917. The Morgan fingerprint density at radius 3 is 1.86 bits per heavy atom. The molecule has 0 aliphatic carbocycles. The molecule has 22 heavy (non-hydrogen) atoms. The number of carboxylic acid groups (broad SMARTS) is 2. The molecule has 1 aliphatic rings. The van der Waals surface area contributed by atoms with Crippen molar-refractivity contribution in [1.82, 2.24) is 5.32 Å². The van der Waals surface area contributed by atoms with Crippen molar-refractivity contribution in [2.24, 2.45) is 5.92 Å². The van der Waals surface area contributed by atoms with E-state index in [4.69, 9.17) is 10.2 Å². The van der Waals surface area contributed by atoms with E-state index in [2.05, 4.69) is 5.32 Å². The van der Waals surface area contributed by atoms with Crippen molar-refractivity contribution in [2.45, 2.75) is 6.17 Å². The van der Waals surface area contributed by atoms with Crippen molar-refractivity contribution < 1.29 is 33.0 Å². The van der Waals surface area contributed by atoms with Gasteiger partial charge in [0.15, 0.2) is 0 Å². The first-order chi connectivity index (χ1) is 10.3. The first-order valence-electron chi connectivity index (χ1n) is 6.24. The fourth-order valence-corrected chi connectivity index (χ4v) is 1.67. The summed E-state index contributed by atoms with van der Waals surface area (Å²) in [6.45, 7) is 1.14. The summed E-state index contributed by atoms with van der Waals surface area (Å²) >= 11 is 0. The second-order valence-electron chi connectivity index (χ2n) is 4.53. The molecule has 1 atom stereocenters. The Bertz CT molecular complexity index is 537. The Morgan fingerprint density at radius 1 is 1.09 bits per heavy atom. The highest BCUT2D eigenvalue weighted by Crippen LogP contribution is 2.29. The van der Waals surface area contributed by atoms with E-state index < -0.39 is 29.7 Å². The molecule has 5 nitrogen and oxygen atoms in total. The zero-order chi connectivity index (χ0) is 16.7. The standard InChI is InChI=1S/C10H10F3N.C4H4O4/c11-8-1-6(2-9(12)3-8)10(13)7-4-14-5-7;5-3(6)1-2-4(7)8/h1-3,7,10,14H,4-5H2;1-2H,(H,5,6)(H,7,8). The van der Waals surface area contributed by atoms with E-state index >= 15 is 0 Å². The van der Waals surface area contributed by atoms with Gasteiger partial charge in [0.1, 0.15) is 17.8 Å². The van der Waals surface area contributed by atoms with E-state index in [9.17, 15) is 22.8 Å². The number of alkyl halides is 1. The molecule has 1 fully saturated rings. The zero-order valence-corrected chi connectivity index (χ0v) is 11.3.